The van der Waals surface area contributed by atoms with E-state index in [1.165, 1.54) is 18.7 Å². The van der Waals surface area contributed by atoms with E-state index < -0.39 is 5.97 Å². The summed E-state index contributed by atoms with van der Waals surface area (Å²) in [6.07, 6.45) is 6.96. The van der Waals surface area contributed by atoms with Crippen LogP contribution in [0.3, 0.4) is 0 Å². The van der Waals surface area contributed by atoms with Crippen LogP contribution in [-0.4, -0.2) is 28.0 Å². The number of methoxy groups -OCH3 is 1. The summed E-state index contributed by atoms with van der Waals surface area (Å²) in [6.45, 7) is 6.01. The molecule has 7 nitrogen and oxygen atoms in total. The summed E-state index contributed by atoms with van der Waals surface area (Å²) < 4.78 is 13.4. The normalized spacial score (nSPS) is 12.6. The van der Waals surface area contributed by atoms with Crippen molar-refractivity contribution < 1.29 is 19.1 Å². The lowest BCUT2D eigenvalue weighted by Crippen LogP contribution is -2.08. The van der Waals surface area contributed by atoms with Gasteiger partial charge in [0.15, 0.2) is 0 Å². The van der Waals surface area contributed by atoms with Crippen LogP contribution >= 0.6 is 0 Å². The molecule has 0 amide bonds. The van der Waals surface area contributed by atoms with Crippen LogP contribution in [-0.2, 0) is 6.42 Å². The van der Waals surface area contributed by atoms with E-state index in [0.717, 1.165) is 40.3 Å². The molecule has 2 aromatic heterocycles. The Morgan fingerprint density at radius 2 is 1.92 bits per heavy atom. The lowest BCUT2D eigenvalue weighted by atomic mass is 10.1. The first-order valence-corrected chi connectivity index (χ1v) is 11.7. The van der Waals surface area contributed by atoms with E-state index >= 15 is 0 Å². The average molecular weight is 482 g/mol. The molecule has 2 heterocycles. The molecule has 1 aliphatic rings. The lowest BCUT2D eigenvalue weighted by molar-refractivity contribution is 0.0697. The fourth-order valence-electron chi connectivity index (χ4n) is 4.39. The smallest absolute Gasteiger partial charge is 0.337 e. The molecule has 0 aliphatic heterocycles. The molecular formula is C29H27N3O4. The number of aryl methyl sites for hydroxylation is 2. The fourth-order valence-corrected chi connectivity index (χ4v) is 4.39. The van der Waals surface area contributed by atoms with Gasteiger partial charge < -0.3 is 19.6 Å². The third-order valence-electron chi connectivity index (χ3n) is 6.34. The van der Waals surface area contributed by atoms with Gasteiger partial charge in [-0.15, -0.1) is 0 Å². The Morgan fingerprint density at radius 3 is 2.67 bits per heavy atom. The number of ether oxygens (including phenoxy) is 1. The molecule has 2 aromatic carbocycles. The number of para-hydroxylation sites is 1. The fraction of sp³-hybridized carbons (Fsp3) is 0.172. The number of aromatic nitrogens is 2. The molecule has 4 aromatic rings. The zero-order valence-electron chi connectivity index (χ0n) is 20.6. The molecule has 0 spiro atoms. The van der Waals surface area contributed by atoms with Crippen LogP contribution in [0, 0.1) is 13.8 Å². The summed E-state index contributed by atoms with van der Waals surface area (Å²) >= 11 is 0. The van der Waals surface area contributed by atoms with Crippen molar-refractivity contribution in [2.75, 3.05) is 12.4 Å². The van der Waals surface area contributed by atoms with Crippen LogP contribution in [0.5, 0.6) is 5.75 Å². The summed E-state index contributed by atoms with van der Waals surface area (Å²) in [6, 6.07) is 14.9. The molecule has 36 heavy (non-hydrogen) atoms. The minimum atomic E-state index is -1.06. The van der Waals surface area contributed by atoms with E-state index in [4.69, 9.17) is 14.3 Å². The number of rotatable bonds is 6. The summed E-state index contributed by atoms with van der Waals surface area (Å²) in [5.41, 5.74) is 6.23. The molecule has 5 rings (SSSR count). The Bertz CT molecular complexity index is 1540. The Kier molecular flexibility index (Phi) is 5.98. The number of fused-ring (bicyclic) bond motifs is 1. The van der Waals surface area contributed by atoms with Gasteiger partial charge in [0.05, 0.1) is 35.3 Å². The Morgan fingerprint density at radius 1 is 1.11 bits per heavy atom. The molecule has 2 N–H and O–H groups in total. The maximum atomic E-state index is 12.1. The third kappa shape index (κ3) is 4.20. The first-order valence-electron chi connectivity index (χ1n) is 11.7. The number of hydrogen-bond acceptors (Lipinski definition) is 5. The van der Waals surface area contributed by atoms with Crippen LogP contribution in [0.2, 0.25) is 0 Å². The zero-order valence-corrected chi connectivity index (χ0v) is 20.6. The lowest BCUT2D eigenvalue weighted by Gasteiger charge is -2.15. The standard InChI is InChI=1S/C29H27N3O4/c1-17-9-11-20-15-26(36-25(20)14-10-17)27-19(3)31-32(24-8-6-5-7-18(24)2)28(27)30-23-13-12-21(35-4)16-22(23)29(33)34/h5-10,12-16,30H,11H2,1-4H3,(H,33,34). The van der Waals surface area contributed by atoms with Crippen molar-refractivity contribution in [3.63, 3.8) is 0 Å². The van der Waals surface area contributed by atoms with Gasteiger partial charge in [-0.05, 0) is 69.2 Å². The second kappa shape index (κ2) is 9.26. The monoisotopic (exact) mass is 481 g/mol. The SMILES string of the molecule is COc1ccc(Nc2c(-c3cc4c(o3)C=CC(C)=CC4)c(C)nn2-c2ccccc2C)c(C(=O)O)c1. The van der Waals surface area contributed by atoms with Gasteiger partial charge in [-0.3, -0.25) is 0 Å². The highest BCUT2D eigenvalue weighted by Crippen LogP contribution is 2.39. The van der Waals surface area contributed by atoms with E-state index in [-0.39, 0.29) is 5.56 Å². The number of carboxylic acid groups (broad SMARTS) is 1. The molecular weight excluding hydrogens is 454 g/mol. The van der Waals surface area contributed by atoms with Gasteiger partial charge in [0, 0.05) is 5.56 Å². The van der Waals surface area contributed by atoms with E-state index in [0.29, 0.717) is 23.0 Å². The number of nitrogens with one attached hydrogen (secondary N) is 1. The molecule has 0 bridgehead atoms. The Hall–Kier alpha value is -4.52. The molecule has 0 saturated carbocycles. The number of anilines is 2. The predicted octanol–water partition coefficient (Wildman–Crippen LogP) is 6.72. The highest BCUT2D eigenvalue weighted by atomic mass is 16.5. The third-order valence-corrected chi connectivity index (χ3v) is 6.34. The molecule has 7 heteroatoms. The number of hydrogen-bond donors (Lipinski definition) is 2. The van der Waals surface area contributed by atoms with Crippen molar-refractivity contribution in [1.29, 1.82) is 0 Å². The van der Waals surface area contributed by atoms with Gasteiger partial charge >= 0.3 is 5.97 Å². The predicted molar refractivity (Wildman–Crippen MR) is 140 cm³/mol. The van der Waals surface area contributed by atoms with Crippen LogP contribution in [0.1, 0.15) is 39.9 Å². The van der Waals surface area contributed by atoms with Crippen molar-refractivity contribution in [3.8, 4) is 22.8 Å². The molecule has 0 saturated heterocycles. The largest absolute Gasteiger partial charge is 0.497 e. The molecule has 0 radical (unpaired) electrons. The molecule has 182 valence electrons. The van der Waals surface area contributed by atoms with Gasteiger partial charge in [0.1, 0.15) is 23.1 Å². The maximum absolute atomic E-state index is 12.1. The summed E-state index contributed by atoms with van der Waals surface area (Å²) in [7, 11) is 1.51. The minimum absolute atomic E-state index is 0.0919. The van der Waals surface area contributed by atoms with Crippen LogP contribution in [0.15, 0.2) is 70.7 Å². The first kappa shape index (κ1) is 23.2. The highest BCUT2D eigenvalue weighted by molar-refractivity contribution is 5.96. The molecule has 0 atom stereocenters. The van der Waals surface area contributed by atoms with E-state index in [9.17, 15) is 9.90 Å². The number of aromatic carboxylic acids is 1. The zero-order chi connectivity index (χ0) is 25.4. The van der Waals surface area contributed by atoms with Crippen molar-refractivity contribution in [1.82, 2.24) is 9.78 Å². The molecule has 0 unspecified atom stereocenters. The summed E-state index contributed by atoms with van der Waals surface area (Å²) in [5, 5.41) is 18.1. The highest BCUT2D eigenvalue weighted by Gasteiger charge is 2.25. The number of benzene rings is 2. The van der Waals surface area contributed by atoms with Crippen LogP contribution in [0.4, 0.5) is 11.5 Å². The quantitative estimate of drug-likeness (QED) is 0.318. The second-order valence-corrected chi connectivity index (χ2v) is 8.83. The Labute approximate surface area is 209 Å². The molecule has 1 aliphatic carbocycles. The first-order chi connectivity index (χ1) is 17.4. The van der Waals surface area contributed by atoms with Gasteiger partial charge in [0.25, 0.3) is 0 Å². The number of carboxylic acids is 1. The number of furan rings is 1. The molecule has 0 fully saturated rings. The topological polar surface area (TPSA) is 89.5 Å². The van der Waals surface area contributed by atoms with Crippen molar-refractivity contribution in [2.45, 2.75) is 27.2 Å². The van der Waals surface area contributed by atoms with E-state index in [2.05, 4.69) is 18.3 Å². The Balaban J connectivity index is 1.70. The number of carbonyl (C=O) groups is 1. The summed E-state index contributed by atoms with van der Waals surface area (Å²) in [4.78, 5) is 12.1. The second-order valence-electron chi connectivity index (χ2n) is 8.83. The van der Waals surface area contributed by atoms with Crippen molar-refractivity contribution >= 4 is 23.6 Å². The van der Waals surface area contributed by atoms with Crippen LogP contribution in [0.25, 0.3) is 23.1 Å². The number of nitrogens with zero attached hydrogens (tertiary/aromatic N) is 2. The van der Waals surface area contributed by atoms with Gasteiger partial charge in [0.2, 0.25) is 0 Å². The van der Waals surface area contributed by atoms with Gasteiger partial charge in [-0.1, -0.05) is 35.9 Å². The van der Waals surface area contributed by atoms with Crippen molar-refractivity contribution in [3.05, 3.63) is 94.4 Å². The maximum Gasteiger partial charge on any atom is 0.337 e. The van der Waals surface area contributed by atoms with Gasteiger partial charge in [-0.2, -0.15) is 5.10 Å². The van der Waals surface area contributed by atoms with Gasteiger partial charge in [-0.25, -0.2) is 9.48 Å². The van der Waals surface area contributed by atoms with E-state index in [1.54, 1.807) is 12.1 Å². The average Bonchev–Trinajstić information content (AvgIpc) is 3.36. The van der Waals surface area contributed by atoms with Crippen LogP contribution < -0.4 is 10.1 Å². The van der Waals surface area contributed by atoms with Crippen molar-refractivity contribution in [2.24, 2.45) is 0 Å². The summed E-state index contributed by atoms with van der Waals surface area (Å²) in [5.74, 6) is 1.50. The van der Waals surface area contributed by atoms with E-state index in [1.807, 2.05) is 61.0 Å². The number of allylic oxidation sites excluding steroid dienone is 3. The minimum Gasteiger partial charge on any atom is -0.497 e.